The summed E-state index contributed by atoms with van der Waals surface area (Å²) < 4.78 is 10.7. The number of rotatable bonds is 7. The van der Waals surface area contributed by atoms with Gasteiger partial charge >= 0.3 is 5.97 Å². The number of amides is 1. The Hall–Kier alpha value is -2.68. The molecule has 1 aliphatic rings. The van der Waals surface area contributed by atoms with Gasteiger partial charge in [-0.1, -0.05) is 23.2 Å². The van der Waals surface area contributed by atoms with E-state index in [0.717, 1.165) is 0 Å². The van der Waals surface area contributed by atoms with Gasteiger partial charge in [-0.2, -0.15) is 0 Å². The number of hydrogen-bond donors (Lipinski definition) is 2. The Kier molecular flexibility index (Phi) is 7.25. The molecule has 2 N–H and O–H groups in total. The molecule has 1 heterocycles. The predicted molar refractivity (Wildman–Crippen MR) is 118 cm³/mol. The number of aliphatic carboxylic acids is 1. The van der Waals surface area contributed by atoms with Crippen LogP contribution in [0.15, 0.2) is 46.3 Å². The molecule has 0 aliphatic carbocycles. The summed E-state index contributed by atoms with van der Waals surface area (Å²) in [5.41, 5.74) is 1.25. The topological polar surface area (TPSA) is 97.2 Å². The largest absolute Gasteiger partial charge is 0.490 e. The minimum Gasteiger partial charge on any atom is -0.490 e. The number of hydrogen-bond acceptors (Lipinski definition) is 6. The molecule has 30 heavy (non-hydrogen) atoms. The number of thioether (sulfide) groups is 1. The molecule has 2 aromatic rings. The molecule has 0 spiro atoms. The first-order chi connectivity index (χ1) is 14.4. The van der Waals surface area contributed by atoms with Gasteiger partial charge in [-0.15, -0.1) is 0 Å². The summed E-state index contributed by atoms with van der Waals surface area (Å²) in [5, 5.41) is 12.7. The SMILES string of the molecule is CCOc1cc(/C=C2\SC(=Nc3ccc(Cl)cc3)NC2=O)cc(Cl)c1OCC(=O)O. The van der Waals surface area contributed by atoms with E-state index in [0.29, 0.717) is 33.0 Å². The highest BCUT2D eigenvalue weighted by atomic mass is 35.5. The monoisotopic (exact) mass is 466 g/mol. The molecule has 0 bridgehead atoms. The van der Waals surface area contributed by atoms with E-state index < -0.39 is 12.6 Å². The Morgan fingerprint density at radius 1 is 1.23 bits per heavy atom. The average Bonchev–Trinajstić information content (AvgIpc) is 3.02. The van der Waals surface area contributed by atoms with Crippen LogP contribution in [0.2, 0.25) is 10.0 Å². The number of halogens is 2. The number of nitrogens with zero attached hydrogens (tertiary/aromatic N) is 1. The van der Waals surface area contributed by atoms with Crippen LogP contribution in [-0.2, 0) is 9.59 Å². The molecule has 0 atom stereocenters. The Morgan fingerprint density at radius 2 is 1.97 bits per heavy atom. The van der Waals surface area contributed by atoms with E-state index in [9.17, 15) is 9.59 Å². The molecule has 7 nitrogen and oxygen atoms in total. The first-order valence-electron chi connectivity index (χ1n) is 8.71. The standard InChI is InChI=1S/C20H16Cl2N2O5S/c1-2-28-15-8-11(7-14(22)18(15)29-10-17(25)26)9-16-19(27)24-20(30-16)23-13-5-3-12(21)4-6-13/h3-9H,2,10H2,1H3,(H,25,26)(H,23,24,27)/b16-9-. The van der Waals surface area contributed by atoms with Crippen molar-refractivity contribution in [2.45, 2.75) is 6.92 Å². The van der Waals surface area contributed by atoms with Crippen molar-refractivity contribution in [2.75, 3.05) is 13.2 Å². The Labute approximate surface area is 186 Å². The van der Waals surface area contributed by atoms with Gasteiger partial charge in [0, 0.05) is 5.02 Å². The van der Waals surface area contributed by atoms with Gasteiger partial charge in [0.25, 0.3) is 5.91 Å². The zero-order chi connectivity index (χ0) is 21.7. The number of carbonyl (C=O) groups excluding carboxylic acids is 1. The predicted octanol–water partition coefficient (Wildman–Crippen LogP) is 4.75. The number of amidine groups is 1. The summed E-state index contributed by atoms with van der Waals surface area (Å²) >= 11 is 13.3. The van der Waals surface area contributed by atoms with Gasteiger partial charge in [-0.05, 0) is 66.7 Å². The Balaban J connectivity index is 1.85. The molecular formula is C20H16Cl2N2O5S. The Bertz CT molecular complexity index is 1040. The van der Waals surface area contributed by atoms with Gasteiger partial charge in [-0.25, -0.2) is 9.79 Å². The first kappa shape index (κ1) is 22.0. The summed E-state index contributed by atoms with van der Waals surface area (Å²) in [6.45, 7) is 1.55. The van der Waals surface area contributed by atoms with E-state index in [1.54, 1.807) is 49.4 Å². The summed E-state index contributed by atoms with van der Waals surface area (Å²) in [5.74, 6) is -1.01. The van der Waals surface area contributed by atoms with E-state index in [4.69, 9.17) is 37.8 Å². The number of ether oxygens (including phenoxy) is 2. The maximum absolute atomic E-state index is 12.3. The van der Waals surface area contributed by atoms with Crippen LogP contribution in [0.5, 0.6) is 11.5 Å². The quantitative estimate of drug-likeness (QED) is 0.571. The van der Waals surface area contributed by atoms with Gasteiger partial charge in [-0.3, -0.25) is 4.79 Å². The highest BCUT2D eigenvalue weighted by Crippen LogP contribution is 2.38. The lowest BCUT2D eigenvalue weighted by atomic mass is 10.2. The van der Waals surface area contributed by atoms with E-state index in [1.165, 1.54) is 11.8 Å². The van der Waals surface area contributed by atoms with Crippen LogP contribution in [0.4, 0.5) is 5.69 Å². The molecule has 1 aliphatic heterocycles. The van der Waals surface area contributed by atoms with Crippen LogP contribution < -0.4 is 14.8 Å². The fourth-order valence-corrected chi connectivity index (χ4v) is 3.71. The van der Waals surface area contributed by atoms with Crippen LogP contribution in [0.3, 0.4) is 0 Å². The minimum atomic E-state index is -1.13. The number of carboxylic acid groups (broad SMARTS) is 1. The van der Waals surface area contributed by atoms with Gasteiger partial charge in [0.15, 0.2) is 23.3 Å². The van der Waals surface area contributed by atoms with Crippen LogP contribution in [0, 0.1) is 0 Å². The van der Waals surface area contributed by atoms with Gasteiger partial charge in [0.1, 0.15) is 0 Å². The summed E-state index contributed by atoms with van der Waals surface area (Å²) in [4.78, 5) is 27.9. The van der Waals surface area contributed by atoms with Crippen LogP contribution in [-0.4, -0.2) is 35.4 Å². The normalized spacial score (nSPS) is 16.0. The van der Waals surface area contributed by atoms with E-state index >= 15 is 0 Å². The number of nitrogens with one attached hydrogen (secondary N) is 1. The fraction of sp³-hybridized carbons (Fsp3) is 0.150. The molecule has 1 saturated heterocycles. The number of aliphatic imine (C=N–C) groups is 1. The zero-order valence-corrected chi connectivity index (χ0v) is 18.0. The molecule has 0 saturated carbocycles. The molecule has 2 aromatic carbocycles. The molecule has 3 rings (SSSR count). The van der Waals surface area contributed by atoms with Crippen molar-refractivity contribution in [3.63, 3.8) is 0 Å². The number of carboxylic acids is 1. The third kappa shape index (κ3) is 5.69. The lowest BCUT2D eigenvalue weighted by Gasteiger charge is -2.13. The Morgan fingerprint density at radius 3 is 2.63 bits per heavy atom. The molecule has 0 radical (unpaired) electrons. The van der Waals surface area contributed by atoms with Crippen molar-refractivity contribution in [3.8, 4) is 11.5 Å². The van der Waals surface area contributed by atoms with E-state index in [2.05, 4.69) is 10.3 Å². The highest BCUT2D eigenvalue weighted by Gasteiger charge is 2.24. The third-order valence-corrected chi connectivity index (χ3v) is 5.12. The fourth-order valence-electron chi connectivity index (χ4n) is 2.47. The maximum atomic E-state index is 12.3. The number of carbonyl (C=O) groups is 2. The molecule has 0 unspecified atom stereocenters. The molecule has 1 amide bonds. The molecular weight excluding hydrogens is 451 g/mol. The highest BCUT2D eigenvalue weighted by molar-refractivity contribution is 8.18. The van der Waals surface area contributed by atoms with Crippen LogP contribution >= 0.6 is 35.0 Å². The van der Waals surface area contributed by atoms with Crippen molar-refractivity contribution in [1.29, 1.82) is 0 Å². The second kappa shape index (κ2) is 9.88. The molecule has 1 fully saturated rings. The first-order valence-corrected chi connectivity index (χ1v) is 10.3. The lowest BCUT2D eigenvalue weighted by Crippen LogP contribution is -2.19. The maximum Gasteiger partial charge on any atom is 0.341 e. The van der Waals surface area contributed by atoms with Crippen LogP contribution in [0.1, 0.15) is 12.5 Å². The van der Waals surface area contributed by atoms with Gasteiger partial charge < -0.3 is 19.9 Å². The average molecular weight is 467 g/mol. The van der Waals surface area contributed by atoms with E-state index in [-0.39, 0.29) is 22.4 Å². The second-order valence-electron chi connectivity index (χ2n) is 5.90. The second-order valence-corrected chi connectivity index (χ2v) is 7.78. The zero-order valence-electron chi connectivity index (χ0n) is 15.6. The summed E-state index contributed by atoms with van der Waals surface area (Å²) in [7, 11) is 0. The number of benzene rings is 2. The molecule has 156 valence electrons. The van der Waals surface area contributed by atoms with Crippen LogP contribution in [0.25, 0.3) is 6.08 Å². The minimum absolute atomic E-state index is 0.136. The van der Waals surface area contributed by atoms with Gasteiger partial charge in [0.2, 0.25) is 0 Å². The van der Waals surface area contributed by atoms with Crippen molar-refractivity contribution in [2.24, 2.45) is 4.99 Å². The molecule has 0 aromatic heterocycles. The molecule has 10 heteroatoms. The smallest absolute Gasteiger partial charge is 0.341 e. The van der Waals surface area contributed by atoms with E-state index in [1.807, 2.05) is 0 Å². The third-order valence-electron chi connectivity index (χ3n) is 3.68. The van der Waals surface area contributed by atoms with Crippen molar-refractivity contribution >= 4 is 63.8 Å². The summed E-state index contributed by atoms with van der Waals surface area (Å²) in [6.07, 6.45) is 1.64. The van der Waals surface area contributed by atoms with Crippen molar-refractivity contribution < 1.29 is 24.2 Å². The van der Waals surface area contributed by atoms with Crippen molar-refractivity contribution in [3.05, 3.63) is 56.9 Å². The van der Waals surface area contributed by atoms with Gasteiger partial charge in [0.05, 0.1) is 22.2 Å². The lowest BCUT2D eigenvalue weighted by molar-refractivity contribution is -0.139. The summed E-state index contributed by atoms with van der Waals surface area (Å²) in [6, 6.07) is 10.1. The van der Waals surface area contributed by atoms with Crippen molar-refractivity contribution in [1.82, 2.24) is 5.32 Å².